The summed E-state index contributed by atoms with van der Waals surface area (Å²) in [5, 5.41) is 0. The lowest BCUT2D eigenvalue weighted by Gasteiger charge is -2.34. The highest BCUT2D eigenvalue weighted by molar-refractivity contribution is 5.99. The minimum absolute atomic E-state index is 0.00786. The zero-order chi connectivity index (χ0) is 42.4. The summed E-state index contributed by atoms with van der Waals surface area (Å²) in [6, 6.07) is 23.9. The van der Waals surface area contributed by atoms with Crippen molar-refractivity contribution in [2.45, 2.75) is 71.2 Å². The van der Waals surface area contributed by atoms with Crippen molar-refractivity contribution in [2.24, 2.45) is 0 Å². The molecule has 6 heterocycles. The Morgan fingerprint density at radius 3 is 1.40 bits per heavy atom. The summed E-state index contributed by atoms with van der Waals surface area (Å²) in [5.41, 5.74) is 5.09. The number of benzene rings is 2. The fourth-order valence-electron chi connectivity index (χ4n) is 7.95. The van der Waals surface area contributed by atoms with Gasteiger partial charge in [0.1, 0.15) is 5.75 Å². The van der Waals surface area contributed by atoms with Gasteiger partial charge in [0.25, 0.3) is 11.8 Å². The number of ether oxygens (including phenoxy) is 3. The fourth-order valence-corrected chi connectivity index (χ4v) is 7.95. The van der Waals surface area contributed by atoms with Crippen molar-refractivity contribution < 1.29 is 23.8 Å². The topological polar surface area (TPSA) is 107 Å². The second kappa shape index (κ2) is 18.9. The quantitative estimate of drug-likeness (QED) is 0.185. The second-order valence-electron chi connectivity index (χ2n) is 17.5. The van der Waals surface area contributed by atoms with E-state index < -0.39 is 12.2 Å². The third kappa shape index (κ3) is 10.3. The first-order valence-corrected chi connectivity index (χ1v) is 21.4. The highest BCUT2D eigenvalue weighted by atomic mass is 16.5. The van der Waals surface area contributed by atoms with Crippen LogP contribution in [0.3, 0.4) is 0 Å². The Balaban J connectivity index is 0.000000181. The molecule has 320 valence electrons. The van der Waals surface area contributed by atoms with Gasteiger partial charge < -0.3 is 43.6 Å². The van der Waals surface area contributed by atoms with Crippen LogP contribution in [-0.4, -0.2) is 129 Å². The van der Waals surface area contributed by atoms with Gasteiger partial charge in [0.15, 0.2) is 12.2 Å². The zero-order valence-electron chi connectivity index (χ0n) is 36.4. The van der Waals surface area contributed by atoms with Gasteiger partial charge >= 0.3 is 0 Å². The van der Waals surface area contributed by atoms with Crippen molar-refractivity contribution in [1.82, 2.24) is 19.8 Å². The van der Waals surface area contributed by atoms with Crippen LogP contribution in [0.5, 0.6) is 17.5 Å². The molecule has 60 heavy (non-hydrogen) atoms. The van der Waals surface area contributed by atoms with Crippen molar-refractivity contribution in [3.63, 3.8) is 0 Å². The first kappa shape index (κ1) is 42.7. The molecule has 2 amide bonds. The van der Waals surface area contributed by atoms with Gasteiger partial charge in [-0.3, -0.25) is 9.59 Å². The van der Waals surface area contributed by atoms with Crippen LogP contribution in [0.2, 0.25) is 0 Å². The minimum Gasteiger partial charge on any atom is -0.491 e. The van der Waals surface area contributed by atoms with Crippen molar-refractivity contribution in [1.29, 1.82) is 0 Å². The summed E-state index contributed by atoms with van der Waals surface area (Å²) < 4.78 is 18.0. The van der Waals surface area contributed by atoms with E-state index in [-0.39, 0.29) is 23.3 Å². The molecular formula is C47H62N8O5. The number of carbonyl (C=O) groups excluding carboxylic acids is 2. The lowest BCUT2D eigenvalue weighted by molar-refractivity contribution is -0.123. The first-order valence-electron chi connectivity index (χ1n) is 21.4. The maximum Gasteiger partial charge on any atom is 0.268 e. The van der Waals surface area contributed by atoms with Gasteiger partial charge in [-0.15, -0.1) is 0 Å². The summed E-state index contributed by atoms with van der Waals surface area (Å²) in [6.45, 7) is 19.6. The molecular weight excluding hydrogens is 757 g/mol. The number of aromatic nitrogens is 2. The summed E-state index contributed by atoms with van der Waals surface area (Å²) in [5.74, 6) is 1.89. The molecule has 4 aliphatic heterocycles. The van der Waals surface area contributed by atoms with E-state index >= 15 is 0 Å². The lowest BCUT2D eigenvalue weighted by Crippen LogP contribution is -2.44. The number of rotatable bonds is 10. The summed E-state index contributed by atoms with van der Waals surface area (Å²) in [6.07, 6.45) is 3.87. The standard InChI is InChI=1S/C24H32N4O2.C23H30N4O3/c1-24(2,3)18-7-9-19(10-8-18)28-13-11-21(23(28)29)30-22-20(6-5-12-25-22)27-16-14-26(4)15-17-27;1-17(2)29-19-8-6-18(7-9-19)27-12-10-21(23(27)28)30-22-20(5-4-11-24-22)26-15-13-25(3)14-16-26/h5-10,12,21H,11,13-17H2,1-4H3;4-9,11,17,21H,10,12-16H2,1-3H3. The Hall–Kier alpha value is -5.40. The average Bonchev–Trinajstić information content (AvgIpc) is 3.79. The maximum atomic E-state index is 13.1. The van der Waals surface area contributed by atoms with Crippen molar-refractivity contribution >= 4 is 34.6 Å². The number of piperazine rings is 2. The highest BCUT2D eigenvalue weighted by Gasteiger charge is 2.37. The lowest BCUT2D eigenvalue weighted by atomic mass is 9.87. The van der Waals surface area contributed by atoms with E-state index in [1.54, 1.807) is 17.3 Å². The van der Waals surface area contributed by atoms with Gasteiger partial charge in [-0.1, -0.05) is 32.9 Å². The van der Waals surface area contributed by atoms with Crippen LogP contribution in [0, 0.1) is 0 Å². The predicted octanol–water partition coefficient (Wildman–Crippen LogP) is 6.12. The van der Waals surface area contributed by atoms with Crippen molar-refractivity contribution in [3.05, 3.63) is 90.8 Å². The van der Waals surface area contributed by atoms with Crippen LogP contribution in [0.15, 0.2) is 85.2 Å². The van der Waals surface area contributed by atoms with E-state index in [1.807, 2.05) is 79.4 Å². The Bertz CT molecular complexity index is 2040. The maximum absolute atomic E-state index is 13.1. The molecule has 0 radical (unpaired) electrons. The van der Waals surface area contributed by atoms with E-state index in [2.05, 4.69) is 76.6 Å². The number of hydrogen-bond acceptors (Lipinski definition) is 11. The minimum atomic E-state index is -0.516. The molecule has 4 aliphatic rings. The van der Waals surface area contributed by atoms with E-state index in [1.165, 1.54) is 5.56 Å². The van der Waals surface area contributed by atoms with Crippen LogP contribution in [0.1, 0.15) is 53.0 Å². The van der Waals surface area contributed by atoms with Crippen LogP contribution < -0.4 is 33.8 Å². The summed E-state index contributed by atoms with van der Waals surface area (Å²) in [4.78, 5) is 47.8. The molecule has 0 aliphatic carbocycles. The monoisotopic (exact) mass is 818 g/mol. The van der Waals surface area contributed by atoms with E-state index in [4.69, 9.17) is 14.2 Å². The molecule has 2 unspecified atom stereocenters. The van der Waals surface area contributed by atoms with Crippen LogP contribution >= 0.6 is 0 Å². The van der Waals surface area contributed by atoms with Crippen LogP contribution in [-0.2, 0) is 15.0 Å². The zero-order valence-corrected chi connectivity index (χ0v) is 36.4. The number of nitrogens with zero attached hydrogens (tertiary/aromatic N) is 8. The fraction of sp³-hybridized carbons (Fsp3) is 0.489. The molecule has 0 saturated carbocycles. The molecule has 2 aromatic heterocycles. The molecule has 8 rings (SSSR count). The van der Waals surface area contributed by atoms with E-state index in [9.17, 15) is 9.59 Å². The molecule has 4 fully saturated rings. The van der Waals surface area contributed by atoms with Gasteiger partial charge in [0.05, 0.1) is 17.5 Å². The molecule has 2 atom stereocenters. The molecule has 2 aromatic carbocycles. The number of anilines is 4. The summed E-state index contributed by atoms with van der Waals surface area (Å²) >= 11 is 0. The molecule has 0 N–H and O–H groups in total. The van der Waals surface area contributed by atoms with E-state index in [0.29, 0.717) is 37.7 Å². The smallest absolute Gasteiger partial charge is 0.268 e. The Kier molecular flexibility index (Phi) is 13.4. The third-order valence-electron chi connectivity index (χ3n) is 11.6. The second-order valence-corrected chi connectivity index (χ2v) is 17.5. The van der Waals surface area contributed by atoms with Gasteiger partial charge in [-0.2, -0.15) is 0 Å². The summed E-state index contributed by atoms with van der Waals surface area (Å²) in [7, 11) is 4.27. The van der Waals surface area contributed by atoms with Gasteiger partial charge in [0.2, 0.25) is 11.8 Å². The SMILES string of the molecule is CC(C)Oc1ccc(N2CCC(Oc3ncccc3N3CCN(C)CC3)C2=O)cc1.CN1CCN(c2cccnc2OC2CCN(c3ccc(C(C)(C)C)cc3)C2=O)CC1. The third-order valence-corrected chi connectivity index (χ3v) is 11.6. The Labute approximate surface area is 355 Å². The largest absolute Gasteiger partial charge is 0.491 e. The predicted molar refractivity (Wildman–Crippen MR) is 238 cm³/mol. The molecule has 13 heteroatoms. The Morgan fingerprint density at radius 1 is 0.583 bits per heavy atom. The number of hydrogen-bond donors (Lipinski definition) is 0. The normalized spacial score (nSPS) is 20.4. The van der Waals surface area contributed by atoms with Crippen LogP contribution in [0.25, 0.3) is 0 Å². The van der Waals surface area contributed by atoms with Crippen molar-refractivity contribution in [2.75, 3.05) is 99.1 Å². The van der Waals surface area contributed by atoms with Gasteiger partial charge in [-0.25, -0.2) is 9.97 Å². The molecule has 4 saturated heterocycles. The highest BCUT2D eigenvalue weighted by Crippen LogP contribution is 2.33. The number of likely N-dealkylation sites (N-methyl/N-ethyl adjacent to an activating group) is 2. The van der Waals surface area contributed by atoms with E-state index in [0.717, 1.165) is 80.9 Å². The van der Waals surface area contributed by atoms with Gasteiger partial charge in [0, 0.05) is 102 Å². The average molecular weight is 819 g/mol. The van der Waals surface area contributed by atoms with Gasteiger partial charge in [-0.05, 0) is 99.6 Å². The number of amides is 2. The number of carbonyl (C=O) groups is 2. The molecule has 0 spiro atoms. The van der Waals surface area contributed by atoms with Crippen LogP contribution in [0.4, 0.5) is 22.7 Å². The Morgan fingerprint density at radius 2 is 1.00 bits per heavy atom. The number of pyridine rings is 2. The first-order chi connectivity index (χ1) is 28.8. The van der Waals surface area contributed by atoms with Crippen molar-refractivity contribution in [3.8, 4) is 17.5 Å². The molecule has 4 aromatic rings. The molecule has 0 bridgehead atoms. The molecule has 13 nitrogen and oxygen atoms in total.